The van der Waals surface area contributed by atoms with Crippen molar-refractivity contribution in [1.82, 2.24) is 0 Å². The summed E-state index contributed by atoms with van der Waals surface area (Å²) in [4.78, 5) is 0. The summed E-state index contributed by atoms with van der Waals surface area (Å²) < 4.78 is 0. The van der Waals surface area contributed by atoms with Crippen molar-refractivity contribution in [2.75, 3.05) is 6.54 Å². The molecule has 14 heavy (non-hydrogen) atoms. The molecule has 0 aromatic heterocycles. The molecule has 74 valence electrons. The molecule has 1 spiro atoms. The Morgan fingerprint density at radius 3 is 3.00 bits per heavy atom. The molecule has 0 amide bonds. The summed E-state index contributed by atoms with van der Waals surface area (Å²) in [6.45, 7) is 0.869. The van der Waals surface area contributed by atoms with Crippen molar-refractivity contribution in [3.8, 4) is 0 Å². The van der Waals surface area contributed by atoms with E-state index in [1.54, 1.807) is 11.1 Å². The highest BCUT2D eigenvalue weighted by molar-refractivity contribution is 5.42. The molecule has 1 heteroatoms. The molecule has 0 heterocycles. The van der Waals surface area contributed by atoms with E-state index in [9.17, 15) is 0 Å². The molecule has 1 aromatic rings. The van der Waals surface area contributed by atoms with Gasteiger partial charge in [-0.05, 0) is 54.7 Å². The fourth-order valence-electron chi connectivity index (χ4n) is 3.28. The molecule has 0 unspecified atom stereocenters. The Labute approximate surface area is 85.3 Å². The highest BCUT2D eigenvalue weighted by Gasteiger charge is 2.55. The number of benzene rings is 1. The average molecular weight is 187 g/mol. The summed E-state index contributed by atoms with van der Waals surface area (Å²) in [5.41, 5.74) is 9.49. The first-order valence-electron chi connectivity index (χ1n) is 5.65. The Hall–Kier alpha value is -0.820. The second-order valence-corrected chi connectivity index (χ2v) is 4.80. The lowest BCUT2D eigenvalue weighted by Gasteiger charge is -2.26. The van der Waals surface area contributed by atoms with Crippen LogP contribution in [0.15, 0.2) is 24.3 Å². The van der Waals surface area contributed by atoms with E-state index in [0.29, 0.717) is 5.41 Å². The molecular formula is C13H17N. The van der Waals surface area contributed by atoms with Crippen molar-refractivity contribution in [3.63, 3.8) is 0 Å². The van der Waals surface area contributed by atoms with Crippen LogP contribution in [-0.2, 0) is 11.8 Å². The summed E-state index contributed by atoms with van der Waals surface area (Å²) in [5, 5.41) is 0. The van der Waals surface area contributed by atoms with Crippen molar-refractivity contribution < 1.29 is 0 Å². The maximum Gasteiger partial charge on any atom is -0.0000168 e. The van der Waals surface area contributed by atoms with Crippen LogP contribution < -0.4 is 5.73 Å². The van der Waals surface area contributed by atoms with E-state index in [0.717, 1.165) is 12.5 Å². The maximum absolute atomic E-state index is 5.80. The Bertz CT molecular complexity index is 358. The molecule has 0 saturated heterocycles. The standard InChI is InChI=1S/C13H17N/c14-9-11-8-13(11)7-3-5-10-4-1-2-6-12(10)13/h1-2,4,6,11H,3,5,7-9,14H2/t11-,13-/m1/s1. The van der Waals surface area contributed by atoms with Crippen molar-refractivity contribution in [2.45, 2.75) is 31.1 Å². The Morgan fingerprint density at radius 1 is 1.36 bits per heavy atom. The largest absolute Gasteiger partial charge is 0.330 e. The van der Waals surface area contributed by atoms with Gasteiger partial charge in [0, 0.05) is 0 Å². The molecule has 3 rings (SSSR count). The van der Waals surface area contributed by atoms with Gasteiger partial charge in [-0.3, -0.25) is 0 Å². The van der Waals surface area contributed by atoms with Crippen LogP contribution >= 0.6 is 0 Å². The molecule has 0 aliphatic heterocycles. The molecule has 1 nitrogen and oxygen atoms in total. The number of hydrogen-bond donors (Lipinski definition) is 1. The minimum Gasteiger partial charge on any atom is -0.330 e. The SMILES string of the molecule is NC[C@H]1C[C@]12CCCc1ccccc12. The molecule has 0 radical (unpaired) electrons. The topological polar surface area (TPSA) is 26.0 Å². The molecule has 2 atom stereocenters. The van der Waals surface area contributed by atoms with Crippen molar-refractivity contribution in [1.29, 1.82) is 0 Å². The van der Waals surface area contributed by atoms with Crippen LogP contribution in [0.1, 0.15) is 30.4 Å². The quantitative estimate of drug-likeness (QED) is 0.717. The van der Waals surface area contributed by atoms with Gasteiger partial charge in [0.1, 0.15) is 0 Å². The van der Waals surface area contributed by atoms with Gasteiger partial charge in [-0.1, -0.05) is 24.3 Å². The molecule has 0 bridgehead atoms. The van der Waals surface area contributed by atoms with Crippen molar-refractivity contribution in [2.24, 2.45) is 11.7 Å². The first kappa shape index (κ1) is 8.49. The predicted octanol–water partition coefficient (Wildman–Crippen LogP) is 2.24. The van der Waals surface area contributed by atoms with E-state index in [1.807, 2.05) is 0 Å². The fourth-order valence-corrected chi connectivity index (χ4v) is 3.28. The molecule has 2 N–H and O–H groups in total. The second kappa shape index (κ2) is 2.83. The lowest BCUT2D eigenvalue weighted by molar-refractivity contribution is 0.499. The third-order valence-electron chi connectivity index (χ3n) is 4.14. The summed E-state index contributed by atoms with van der Waals surface area (Å²) in [5.74, 6) is 0.768. The highest BCUT2D eigenvalue weighted by atomic mass is 14.7. The predicted molar refractivity (Wildman–Crippen MR) is 58.2 cm³/mol. The number of rotatable bonds is 1. The average Bonchev–Trinajstić information content (AvgIpc) is 2.94. The third kappa shape index (κ3) is 0.992. The van der Waals surface area contributed by atoms with Gasteiger partial charge in [0.15, 0.2) is 0 Å². The zero-order chi connectivity index (χ0) is 9.60. The van der Waals surface area contributed by atoms with Gasteiger partial charge in [-0.25, -0.2) is 0 Å². The van der Waals surface area contributed by atoms with Gasteiger partial charge in [-0.15, -0.1) is 0 Å². The molecule has 2 aliphatic rings. The van der Waals surface area contributed by atoms with Crippen LogP contribution in [0.25, 0.3) is 0 Å². The first-order valence-corrected chi connectivity index (χ1v) is 5.65. The zero-order valence-electron chi connectivity index (χ0n) is 8.50. The number of nitrogens with two attached hydrogens (primary N) is 1. The van der Waals surface area contributed by atoms with Gasteiger partial charge in [-0.2, -0.15) is 0 Å². The fraction of sp³-hybridized carbons (Fsp3) is 0.538. The summed E-state index contributed by atoms with van der Waals surface area (Å²) in [6.07, 6.45) is 5.33. The van der Waals surface area contributed by atoms with Gasteiger partial charge >= 0.3 is 0 Å². The normalized spacial score (nSPS) is 34.2. The van der Waals surface area contributed by atoms with Crippen LogP contribution in [-0.4, -0.2) is 6.54 Å². The van der Waals surface area contributed by atoms with Crippen molar-refractivity contribution in [3.05, 3.63) is 35.4 Å². The van der Waals surface area contributed by atoms with Gasteiger partial charge < -0.3 is 5.73 Å². The summed E-state index contributed by atoms with van der Waals surface area (Å²) >= 11 is 0. The molecular weight excluding hydrogens is 170 g/mol. The van der Waals surface area contributed by atoms with Crippen LogP contribution in [0.2, 0.25) is 0 Å². The van der Waals surface area contributed by atoms with Gasteiger partial charge in [0.25, 0.3) is 0 Å². The van der Waals surface area contributed by atoms with E-state index in [4.69, 9.17) is 5.73 Å². The molecule has 1 aromatic carbocycles. The number of aryl methyl sites for hydroxylation is 1. The van der Waals surface area contributed by atoms with E-state index in [2.05, 4.69) is 24.3 Å². The van der Waals surface area contributed by atoms with E-state index in [-0.39, 0.29) is 0 Å². The van der Waals surface area contributed by atoms with Gasteiger partial charge in [0.2, 0.25) is 0 Å². The Kier molecular flexibility index (Phi) is 1.72. The third-order valence-corrected chi connectivity index (χ3v) is 4.14. The molecule has 2 aliphatic carbocycles. The van der Waals surface area contributed by atoms with Crippen LogP contribution in [0, 0.1) is 5.92 Å². The molecule has 1 saturated carbocycles. The zero-order valence-corrected chi connectivity index (χ0v) is 8.50. The number of hydrogen-bond acceptors (Lipinski definition) is 1. The van der Waals surface area contributed by atoms with Crippen LogP contribution in [0.4, 0.5) is 0 Å². The lowest BCUT2D eigenvalue weighted by atomic mass is 9.79. The molecule has 1 fully saturated rings. The van der Waals surface area contributed by atoms with Crippen molar-refractivity contribution >= 4 is 0 Å². The van der Waals surface area contributed by atoms with Gasteiger partial charge in [0.05, 0.1) is 0 Å². The summed E-state index contributed by atoms with van der Waals surface area (Å²) in [7, 11) is 0. The lowest BCUT2D eigenvalue weighted by Crippen LogP contribution is -2.21. The Balaban J connectivity index is 2.05. The summed E-state index contributed by atoms with van der Waals surface area (Å²) in [6, 6.07) is 8.96. The second-order valence-electron chi connectivity index (χ2n) is 4.80. The highest BCUT2D eigenvalue weighted by Crippen LogP contribution is 2.59. The smallest absolute Gasteiger partial charge is 0.0000168 e. The van der Waals surface area contributed by atoms with Crippen LogP contribution in [0.5, 0.6) is 0 Å². The minimum atomic E-state index is 0.504. The van der Waals surface area contributed by atoms with E-state index >= 15 is 0 Å². The maximum atomic E-state index is 5.80. The number of fused-ring (bicyclic) bond motifs is 2. The van der Waals surface area contributed by atoms with E-state index in [1.165, 1.54) is 25.7 Å². The van der Waals surface area contributed by atoms with Crippen LogP contribution in [0.3, 0.4) is 0 Å². The van der Waals surface area contributed by atoms with E-state index < -0.39 is 0 Å². The monoisotopic (exact) mass is 187 g/mol. The minimum absolute atomic E-state index is 0.504. The first-order chi connectivity index (χ1) is 6.87. The Morgan fingerprint density at radius 2 is 2.21 bits per heavy atom.